The van der Waals surface area contributed by atoms with Gasteiger partial charge in [0.05, 0.1) is 0 Å². The van der Waals surface area contributed by atoms with E-state index in [0.29, 0.717) is 0 Å². The first-order chi connectivity index (χ1) is 3.46. The Bertz CT molecular complexity index is 28.0. The quantitative estimate of drug-likeness (QED) is 0.278. The van der Waals surface area contributed by atoms with E-state index in [1.807, 2.05) is 0 Å². The van der Waals surface area contributed by atoms with Crippen molar-refractivity contribution in [2.45, 2.75) is 0 Å². The Labute approximate surface area is 89.8 Å². The summed E-state index contributed by atoms with van der Waals surface area (Å²) >= 11 is 2.76. The van der Waals surface area contributed by atoms with Gasteiger partial charge in [-0.05, 0) is 0 Å². The van der Waals surface area contributed by atoms with Crippen LogP contribution in [0.15, 0.2) is 0 Å². The molecule has 8 heteroatoms. The first-order valence-corrected chi connectivity index (χ1v) is 17.2. The number of hydrogen-bond donors (Lipinski definition) is 0. The molecule has 0 aliphatic heterocycles. The standard InChI is InChI=1S/3FH.3HI.2Rh/h6*1H;;/q;;;;;;2*+3/p-6. The molecule has 0 saturated heterocycles. The molecule has 0 bridgehead atoms. The van der Waals surface area contributed by atoms with E-state index in [1.165, 1.54) is 0 Å². The topological polar surface area (TPSA) is 0 Å². The van der Waals surface area contributed by atoms with Crippen LogP contribution in [0.2, 0.25) is 0 Å². The van der Waals surface area contributed by atoms with Crippen LogP contribution in [0.1, 0.15) is 0 Å². The SMILES string of the molecule is [F][Rh]([F])[F].[I][Rh]([I])[I]. The van der Waals surface area contributed by atoms with Crippen LogP contribution in [0.25, 0.3) is 0 Å². The molecule has 0 spiro atoms. The molecule has 0 aliphatic carbocycles. The summed E-state index contributed by atoms with van der Waals surface area (Å²) in [7, 11) is 0. The second-order valence-corrected chi connectivity index (χ2v) is 38.9. The van der Waals surface area contributed by atoms with E-state index < -0.39 is 17.4 Å². The van der Waals surface area contributed by atoms with Gasteiger partial charge in [0, 0.05) is 0 Å². The third-order valence-corrected chi connectivity index (χ3v) is 0. The van der Waals surface area contributed by atoms with Crippen molar-refractivity contribution in [2.75, 3.05) is 0 Å². The molecule has 0 aromatic carbocycles. The van der Waals surface area contributed by atoms with E-state index in [0.717, 1.165) is 0 Å². The number of rotatable bonds is 0. The van der Waals surface area contributed by atoms with Crippen LogP contribution < -0.4 is 0 Å². The predicted molar refractivity (Wildman–Crippen MR) is 45.4 cm³/mol. The van der Waals surface area contributed by atoms with Crippen LogP contribution in [0.5, 0.6) is 0 Å². The van der Waals surface area contributed by atoms with Gasteiger partial charge in [-0.3, -0.25) is 0 Å². The van der Waals surface area contributed by atoms with Gasteiger partial charge < -0.3 is 0 Å². The van der Waals surface area contributed by atoms with Gasteiger partial charge in [-0.1, -0.05) is 0 Å². The normalized spacial score (nSPS) is 11.2. The molecule has 0 aromatic rings. The Kier molecular flexibility index (Phi) is 17.6. The Hall–Kier alpha value is 3.23. The summed E-state index contributed by atoms with van der Waals surface area (Å²) in [6, 6.07) is 0. The average Bonchev–Trinajstić information content (AvgIpc) is 1.25. The van der Waals surface area contributed by atoms with Crippen LogP contribution in [0, 0.1) is 0 Å². The molecule has 0 heterocycles. The van der Waals surface area contributed by atoms with Crippen LogP contribution >= 0.6 is 59.3 Å². The Morgan fingerprint density at radius 2 is 0.875 bits per heavy atom. The van der Waals surface area contributed by atoms with E-state index in [9.17, 15) is 9.95 Å². The maximum atomic E-state index is 9.80. The number of halogens is 6. The van der Waals surface area contributed by atoms with Crippen molar-refractivity contribution in [3.8, 4) is 0 Å². The minimum absolute atomic E-state index is 0.167. The molecule has 0 rings (SSSR count). The van der Waals surface area contributed by atoms with Crippen LogP contribution in [-0.2, 0) is 22.9 Å². The monoisotopic (exact) mass is 644 g/mol. The summed E-state index contributed by atoms with van der Waals surface area (Å²) in [5.41, 5.74) is 0. The zero-order valence-electron chi connectivity index (χ0n) is 2.93. The second-order valence-electron chi connectivity index (χ2n) is 0.286. The van der Waals surface area contributed by atoms with E-state index in [4.69, 9.17) is 0 Å². The third kappa shape index (κ3) is 60.0. The van der Waals surface area contributed by atoms with Gasteiger partial charge in [-0.15, -0.1) is 0 Å². The van der Waals surface area contributed by atoms with Crippen LogP contribution in [-0.4, -0.2) is 0 Å². The van der Waals surface area contributed by atoms with Gasteiger partial charge in [0.15, 0.2) is 0 Å². The fraction of sp³-hybridized carbons (Fsp3) is 0. The van der Waals surface area contributed by atoms with Crippen LogP contribution in [0.4, 0.5) is 9.95 Å². The van der Waals surface area contributed by atoms with Crippen molar-refractivity contribution in [1.82, 2.24) is 0 Å². The van der Waals surface area contributed by atoms with Crippen molar-refractivity contribution in [2.24, 2.45) is 0 Å². The van der Waals surface area contributed by atoms with Crippen molar-refractivity contribution in [3.05, 3.63) is 0 Å². The van der Waals surface area contributed by atoms with Crippen molar-refractivity contribution < 1.29 is 32.8 Å². The number of hydrogen-bond acceptors (Lipinski definition) is 0. The molecule has 0 atom stereocenters. The van der Waals surface area contributed by atoms with Gasteiger partial charge in [-0.25, -0.2) is 0 Å². The fourth-order valence-corrected chi connectivity index (χ4v) is 0. The molecule has 0 aliphatic rings. The summed E-state index contributed by atoms with van der Waals surface area (Å²) < 4.78 is 29.4. The molecule has 0 saturated carbocycles. The second kappa shape index (κ2) is 10.2. The molecule has 0 nitrogen and oxygen atoms in total. The molecule has 0 amide bonds. The zero-order valence-corrected chi connectivity index (χ0v) is 12.7. The first kappa shape index (κ1) is 13.8. The van der Waals surface area contributed by atoms with E-state index in [1.54, 1.807) is 0 Å². The third-order valence-electron chi connectivity index (χ3n) is 0. The molecule has 60 valence electrons. The van der Waals surface area contributed by atoms with Crippen molar-refractivity contribution in [1.29, 1.82) is 0 Å². The van der Waals surface area contributed by atoms with Gasteiger partial charge >= 0.3 is 92.1 Å². The zero-order chi connectivity index (χ0) is 7.15. The van der Waals surface area contributed by atoms with Gasteiger partial charge in [-0.2, -0.15) is 0 Å². The van der Waals surface area contributed by atoms with E-state index in [2.05, 4.69) is 59.3 Å². The molecule has 8 heavy (non-hydrogen) atoms. The fourth-order valence-electron chi connectivity index (χ4n) is 0. The van der Waals surface area contributed by atoms with Crippen LogP contribution in [0.3, 0.4) is 0 Å². The maximum absolute atomic E-state index is 9.80. The average molecular weight is 644 g/mol. The molecular formula is F3I3Rh2. The summed E-state index contributed by atoms with van der Waals surface area (Å²) in [5, 5.41) is -0.167. The summed E-state index contributed by atoms with van der Waals surface area (Å²) in [5.74, 6) is 0. The molecule has 0 N–H and O–H groups in total. The van der Waals surface area contributed by atoms with Gasteiger partial charge in [0.1, 0.15) is 0 Å². The molecule has 0 aromatic heterocycles. The molecular weight excluding hydrogens is 644 g/mol. The molecule has 0 radical (unpaired) electrons. The molecule has 0 unspecified atom stereocenters. The summed E-state index contributed by atoms with van der Waals surface area (Å²) in [6.45, 7) is 0. The Morgan fingerprint density at radius 3 is 0.875 bits per heavy atom. The predicted octanol–water partition coefficient (Wildman–Crippen LogP) is 3.91. The summed E-state index contributed by atoms with van der Waals surface area (Å²) in [6.07, 6.45) is 0. The minimum atomic E-state index is -4.58. The Morgan fingerprint density at radius 1 is 0.875 bits per heavy atom. The van der Waals surface area contributed by atoms with Crippen molar-refractivity contribution >= 4 is 59.3 Å². The Balaban J connectivity index is 0. The summed E-state index contributed by atoms with van der Waals surface area (Å²) in [4.78, 5) is 0. The first-order valence-electron chi connectivity index (χ1n) is 0.756. The molecule has 0 fully saturated rings. The van der Waals surface area contributed by atoms with E-state index in [-0.39, 0.29) is 5.41 Å². The van der Waals surface area contributed by atoms with Gasteiger partial charge in [0.2, 0.25) is 0 Å². The van der Waals surface area contributed by atoms with Gasteiger partial charge in [0.25, 0.3) is 0 Å². The van der Waals surface area contributed by atoms with E-state index >= 15 is 0 Å². The van der Waals surface area contributed by atoms with Crippen molar-refractivity contribution in [3.63, 3.8) is 0 Å².